The molecule has 1 aromatic rings. The van der Waals surface area contributed by atoms with Crippen LogP contribution in [0.25, 0.3) is 0 Å². The maximum Gasteiger partial charge on any atom is 0.327 e. The molecule has 0 aromatic heterocycles. The van der Waals surface area contributed by atoms with Gasteiger partial charge in [-0.25, -0.2) is 9.18 Å². The summed E-state index contributed by atoms with van der Waals surface area (Å²) in [6.45, 7) is 5.18. The largest absolute Gasteiger partial charge is 0.468 e. The fourth-order valence-corrected chi connectivity index (χ4v) is 3.12. The summed E-state index contributed by atoms with van der Waals surface area (Å²) in [7, 11) is 1.37. The molecule has 1 aliphatic heterocycles. The molecule has 0 bridgehead atoms. The van der Waals surface area contributed by atoms with E-state index in [1.807, 2.05) is 0 Å². The highest BCUT2D eigenvalue weighted by molar-refractivity contribution is 5.77. The highest BCUT2D eigenvalue weighted by atomic mass is 19.1. The van der Waals surface area contributed by atoms with Gasteiger partial charge in [0.1, 0.15) is 11.9 Å². The van der Waals surface area contributed by atoms with Crippen LogP contribution in [0.1, 0.15) is 24.9 Å². The van der Waals surface area contributed by atoms with Crippen molar-refractivity contribution in [3.8, 4) is 0 Å². The van der Waals surface area contributed by atoms with Gasteiger partial charge in [-0.1, -0.05) is 19.1 Å². The zero-order chi connectivity index (χ0) is 16.8. The molecule has 0 radical (unpaired) electrons. The van der Waals surface area contributed by atoms with E-state index in [-0.39, 0.29) is 24.4 Å². The van der Waals surface area contributed by atoms with Gasteiger partial charge < -0.3 is 9.84 Å². The molecule has 2 atom stereocenters. The van der Waals surface area contributed by atoms with Gasteiger partial charge in [-0.2, -0.15) is 0 Å². The number of piperazine rings is 1. The Morgan fingerprint density at radius 1 is 1.22 bits per heavy atom. The molecule has 0 amide bonds. The van der Waals surface area contributed by atoms with E-state index in [1.54, 1.807) is 12.1 Å². The lowest BCUT2D eigenvalue weighted by atomic mass is 10.0. The number of carbonyl (C=O) groups excluding carboxylic acids is 1. The van der Waals surface area contributed by atoms with Crippen molar-refractivity contribution >= 4 is 5.97 Å². The number of aliphatic hydroxyl groups excluding tert-OH is 1. The van der Waals surface area contributed by atoms with Gasteiger partial charge in [-0.05, 0) is 24.1 Å². The summed E-state index contributed by atoms with van der Waals surface area (Å²) in [5.41, 5.74) is 0.737. The van der Waals surface area contributed by atoms with Crippen molar-refractivity contribution in [3.05, 3.63) is 35.6 Å². The molecule has 128 valence electrons. The summed E-state index contributed by atoms with van der Waals surface area (Å²) < 4.78 is 18.1. The molecule has 1 aliphatic rings. The third-order valence-electron chi connectivity index (χ3n) is 4.52. The topological polar surface area (TPSA) is 53.0 Å². The highest BCUT2D eigenvalue weighted by Gasteiger charge is 2.32. The SMILES string of the molecule is CCC(CO)N1CCN(C(C(=O)OC)c2ccc(F)cc2)CC1. The highest BCUT2D eigenvalue weighted by Crippen LogP contribution is 2.24. The van der Waals surface area contributed by atoms with Gasteiger partial charge in [0.25, 0.3) is 0 Å². The van der Waals surface area contributed by atoms with Crippen LogP contribution in [0.4, 0.5) is 4.39 Å². The lowest BCUT2D eigenvalue weighted by molar-refractivity contribution is -0.148. The number of halogens is 1. The number of aliphatic hydroxyl groups is 1. The number of methoxy groups -OCH3 is 1. The number of esters is 1. The Kier molecular flexibility index (Phi) is 6.50. The van der Waals surface area contributed by atoms with Crippen LogP contribution < -0.4 is 0 Å². The number of carbonyl (C=O) groups is 1. The van der Waals surface area contributed by atoms with Gasteiger partial charge in [-0.15, -0.1) is 0 Å². The quantitative estimate of drug-likeness (QED) is 0.802. The van der Waals surface area contributed by atoms with Gasteiger partial charge in [0.2, 0.25) is 0 Å². The Labute approximate surface area is 136 Å². The predicted molar refractivity (Wildman–Crippen MR) is 85.5 cm³/mol. The fourth-order valence-electron chi connectivity index (χ4n) is 3.12. The van der Waals surface area contributed by atoms with E-state index >= 15 is 0 Å². The molecule has 1 N–H and O–H groups in total. The first-order chi connectivity index (χ1) is 11.1. The second-order valence-electron chi connectivity index (χ2n) is 5.79. The average molecular weight is 324 g/mol. The van der Waals surface area contributed by atoms with Gasteiger partial charge in [0, 0.05) is 32.2 Å². The molecule has 1 saturated heterocycles. The van der Waals surface area contributed by atoms with Crippen molar-refractivity contribution in [2.45, 2.75) is 25.4 Å². The maximum atomic E-state index is 13.1. The minimum atomic E-state index is -0.517. The second kappa shape index (κ2) is 8.38. The molecular formula is C17H25FN2O3. The smallest absolute Gasteiger partial charge is 0.327 e. The van der Waals surface area contributed by atoms with E-state index in [2.05, 4.69) is 16.7 Å². The first kappa shape index (κ1) is 17.8. The van der Waals surface area contributed by atoms with E-state index in [4.69, 9.17) is 4.74 Å². The van der Waals surface area contributed by atoms with Gasteiger partial charge in [0.15, 0.2) is 0 Å². The van der Waals surface area contributed by atoms with Crippen LogP contribution in [0.2, 0.25) is 0 Å². The summed E-state index contributed by atoms with van der Waals surface area (Å²) in [4.78, 5) is 16.5. The van der Waals surface area contributed by atoms with Crippen LogP contribution in [-0.4, -0.2) is 66.8 Å². The van der Waals surface area contributed by atoms with Crippen LogP contribution in [0, 0.1) is 5.82 Å². The Hall–Kier alpha value is -1.50. The summed E-state index contributed by atoms with van der Waals surface area (Å²) >= 11 is 0. The van der Waals surface area contributed by atoms with Crippen molar-refractivity contribution in [2.75, 3.05) is 39.9 Å². The Morgan fingerprint density at radius 3 is 2.26 bits per heavy atom. The zero-order valence-electron chi connectivity index (χ0n) is 13.7. The third kappa shape index (κ3) is 4.28. The lowest BCUT2D eigenvalue weighted by Gasteiger charge is -2.41. The maximum absolute atomic E-state index is 13.1. The Bertz CT molecular complexity index is 497. The van der Waals surface area contributed by atoms with Gasteiger partial charge >= 0.3 is 5.97 Å². The van der Waals surface area contributed by atoms with Crippen LogP contribution in [-0.2, 0) is 9.53 Å². The molecule has 5 nitrogen and oxygen atoms in total. The molecule has 6 heteroatoms. The van der Waals surface area contributed by atoms with Crippen LogP contribution in [0.15, 0.2) is 24.3 Å². The Balaban J connectivity index is 2.10. The molecule has 2 rings (SSSR count). The van der Waals surface area contributed by atoms with Crippen molar-refractivity contribution in [1.29, 1.82) is 0 Å². The van der Waals surface area contributed by atoms with Gasteiger partial charge in [-0.3, -0.25) is 9.80 Å². The molecule has 23 heavy (non-hydrogen) atoms. The number of rotatable bonds is 6. The number of benzene rings is 1. The molecule has 2 unspecified atom stereocenters. The van der Waals surface area contributed by atoms with E-state index in [1.165, 1.54) is 19.2 Å². The number of nitrogens with zero attached hydrogens (tertiary/aromatic N) is 2. The van der Waals surface area contributed by atoms with Crippen molar-refractivity contribution in [1.82, 2.24) is 9.80 Å². The molecule has 1 heterocycles. The third-order valence-corrected chi connectivity index (χ3v) is 4.52. The molecule has 1 aromatic carbocycles. The van der Waals surface area contributed by atoms with Crippen molar-refractivity contribution in [2.24, 2.45) is 0 Å². The predicted octanol–water partition coefficient (Wildman–Crippen LogP) is 1.43. The standard InChI is InChI=1S/C17H25FN2O3/c1-3-15(12-21)19-8-10-20(11-9-19)16(17(22)23-2)13-4-6-14(18)7-5-13/h4-7,15-16,21H,3,8-12H2,1-2H3. The Morgan fingerprint density at radius 2 is 1.78 bits per heavy atom. The van der Waals surface area contributed by atoms with Crippen molar-refractivity contribution in [3.63, 3.8) is 0 Å². The van der Waals surface area contributed by atoms with E-state index in [0.717, 1.165) is 25.1 Å². The van der Waals surface area contributed by atoms with E-state index in [9.17, 15) is 14.3 Å². The lowest BCUT2D eigenvalue weighted by Crippen LogP contribution is -2.53. The zero-order valence-corrected chi connectivity index (χ0v) is 13.7. The minimum absolute atomic E-state index is 0.148. The van der Waals surface area contributed by atoms with Crippen LogP contribution in [0.3, 0.4) is 0 Å². The molecule has 1 fully saturated rings. The second-order valence-corrected chi connectivity index (χ2v) is 5.79. The van der Waals surface area contributed by atoms with E-state index < -0.39 is 6.04 Å². The van der Waals surface area contributed by atoms with Gasteiger partial charge in [0.05, 0.1) is 13.7 Å². The first-order valence-corrected chi connectivity index (χ1v) is 8.03. The number of hydrogen-bond acceptors (Lipinski definition) is 5. The average Bonchev–Trinajstić information content (AvgIpc) is 2.59. The monoisotopic (exact) mass is 324 g/mol. The summed E-state index contributed by atoms with van der Waals surface area (Å²) in [6, 6.07) is 5.63. The van der Waals surface area contributed by atoms with Crippen LogP contribution >= 0.6 is 0 Å². The summed E-state index contributed by atoms with van der Waals surface area (Å²) in [5, 5.41) is 9.42. The molecule has 0 aliphatic carbocycles. The summed E-state index contributed by atoms with van der Waals surface area (Å²) in [6.07, 6.45) is 0.898. The normalized spacial score (nSPS) is 19.3. The molecule has 0 saturated carbocycles. The molecule has 0 spiro atoms. The minimum Gasteiger partial charge on any atom is -0.468 e. The number of hydrogen-bond donors (Lipinski definition) is 1. The number of ether oxygens (including phenoxy) is 1. The molecular weight excluding hydrogens is 299 g/mol. The van der Waals surface area contributed by atoms with Crippen molar-refractivity contribution < 1.29 is 19.0 Å². The first-order valence-electron chi connectivity index (χ1n) is 8.03. The summed E-state index contributed by atoms with van der Waals surface area (Å²) in [5.74, 6) is -0.657. The van der Waals surface area contributed by atoms with E-state index in [0.29, 0.717) is 13.1 Å². The van der Waals surface area contributed by atoms with Crippen LogP contribution in [0.5, 0.6) is 0 Å². The fraction of sp³-hybridized carbons (Fsp3) is 0.588.